The predicted octanol–water partition coefficient (Wildman–Crippen LogP) is 8.85. The van der Waals surface area contributed by atoms with Gasteiger partial charge in [0.15, 0.2) is 0 Å². The summed E-state index contributed by atoms with van der Waals surface area (Å²) in [6.45, 7) is 10.1. The van der Waals surface area contributed by atoms with Crippen LogP contribution in [0, 0.1) is 19.8 Å². The zero-order valence-corrected chi connectivity index (χ0v) is 25.8. The van der Waals surface area contributed by atoms with Crippen LogP contribution in [0.15, 0.2) is 87.7 Å². The second kappa shape index (κ2) is 11.8. The highest BCUT2D eigenvalue weighted by atomic mass is 16.5. The van der Waals surface area contributed by atoms with Gasteiger partial charge in [-0.1, -0.05) is 63.2 Å². The molecule has 0 saturated heterocycles. The molecule has 1 aliphatic rings. The summed E-state index contributed by atoms with van der Waals surface area (Å²) < 4.78 is 19.0. The van der Waals surface area contributed by atoms with E-state index in [2.05, 4.69) is 19.9 Å². The first-order valence-corrected chi connectivity index (χ1v) is 15.2. The van der Waals surface area contributed by atoms with E-state index in [0.717, 1.165) is 40.1 Å². The number of oxazole rings is 2. The maximum absolute atomic E-state index is 12.1. The van der Waals surface area contributed by atoms with E-state index in [9.17, 15) is 9.90 Å². The third kappa shape index (κ3) is 5.66. The summed E-state index contributed by atoms with van der Waals surface area (Å²) in [5.41, 5.74) is 5.31. The highest BCUT2D eigenvalue weighted by Crippen LogP contribution is 2.51. The molecule has 0 bridgehead atoms. The van der Waals surface area contributed by atoms with Gasteiger partial charge in [-0.3, -0.25) is 4.79 Å². The molecular weight excluding hydrogens is 552 g/mol. The van der Waals surface area contributed by atoms with E-state index in [-0.39, 0.29) is 11.3 Å². The molecule has 6 rings (SSSR count). The Hall–Kier alpha value is -4.65. The third-order valence-corrected chi connectivity index (χ3v) is 8.85. The molecule has 0 saturated carbocycles. The van der Waals surface area contributed by atoms with Crippen molar-refractivity contribution in [1.82, 2.24) is 9.97 Å². The number of carboxylic acids is 1. The summed E-state index contributed by atoms with van der Waals surface area (Å²) >= 11 is 0. The van der Waals surface area contributed by atoms with Crippen LogP contribution < -0.4 is 4.74 Å². The van der Waals surface area contributed by atoms with Crippen LogP contribution in [0.4, 0.5) is 0 Å². The third-order valence-electron chi connectivity index (χ3n) is 8.85. The number of benzene rings is 3. The lowest BCUT2D eigenvalue weighted by Gasteiger charge is -2.22. The maximum atomic E-state index is 12.1. The number of hydrogen-bond acceptors (Lipinski definition) is 6. The molecule has 3 atom stereocenters. The number of carboxylic acid groups (broad SMARTS) is 1. The van der Waals surface area contributed by atoms with Gasteiger partial charge in [0.2, 0.25) is 11.8 Å². The minimum Gasteiger partial charge on any atom is -0.484 e. The average molecular weight is 591 g/mol. The first-order valence-electron chi connectivity index (χ1n) is 15.2. The topological polar surface area (TPSA) is 98.6 Å². The zero-order valence-electron chi connectivity index (χ0n) is 25.8. The van der Waals surface area contributed by atoms with Crippen molar-refractivity contribution >= 4 is 5.97 Å². The average Bonchev–Trinajstić information content (AvgIpc) is 3.66. The summed E-state index contributed by atoms with van der Waals surface area (Å²) in [7, 11) is 0. The first-order chi connectivity index (χ1) is 21.1. The highest BCUT2D eigenvalue weighted by Gasteiger charge is 2.42. The van der Waals surface area contributed by atoms with Crippen LogP contribution in [-0.2, 0) is 16.6 Å². The molecule has 1 N–H and O–H groups in total. The Labute approximate surface area is 257 Å². The number of hydrogen-bond donors (Lipinski definition) is 1. The molecule has 5 aromatic rings. The van der Waals surface area contributed by atoms with Gasteiger partial charge in [-0.2, -0.15) is 0 Å². The predicted molar refractivity (Wildman–Crippen MR) is 169 cm³/mol. The summed E-state index contributed by atoms with van der Waals surface area (Å²) in [5, 5.41) is 9.92. The summed E-state index contributed by atoms with van der Waals surface area (Å²) in [6.07, 6.45) is 1.28. The Bertz CT molecular complexity index is 1770. The highest BCUT2D eigenvalue weighted by molar-refractivity contribution is 5.72. The Morgan fingerprint density at radius 2 is 1.55 bits per heavy atom. The van der Waals surface area contributed by atoms with Gasteiger partial charge in [0, 0.05) is 17.5 Å². The Balaban J connectivity index is 1.37. The van der Waals surface area contributed by atoms with E-state index >= 15 is 0 Å². The second-order valence-corrected chi connectivity index (χ2v) is 12.3. The number of aliphatic carboxylic acids is 1. The van der Waals surface area contributed by atoms with Crippen molar-refractivity contribution in [2.45, 2.75) is 71.3 Å². The minimum atomic E-state index is -0.741. The van der Waals surface area contributed by atoms with E-state index in [1.807, 2.05) is 93.6 Å². The van der Waals surface area contributed by atoms with Crippen molar-refractivity contribution < 1.29 is 23.5 Å². The molecular formula is C37H38N2O5. The first kappa shape index (κ1) is 29.4. The van der Waals surface area contributed by atoms with Crippen LogP contribution in [0.3, 0.4) is 0 Å². The molecule has 0 spiro atoms. The van der Waals surface area contributed by atoms with Crippen LogP contribution in [0.5, 0.6) is 5.75 Å². The summed E-state index contributed by atoms with van der Waals surface area (Å²) in [4.78, 5) is 21.9. The Kier molecular flexibility index (Phi) is 7.89. The van der Waals surface area contributed by atoms with Gasteiger partial charge in [0.1, 0.15) is 29.1 Å². The van der Waals surface area contributed by atoms with Crippen LogP contribution in [0.25, 0.3) is 22.9 Å². The zero-order chi connectivity index (χ0) is 31.0. The lowest BCUT2D eigenvalue weighted by atomic mass is 9.82. The fourth-order valence-electron chi connectivity index (χ4n) is 6.54. The largest absolute Gasteiger partial charge is 0.484 e. The van der Waals surface area contributed by atoms with Gasteiger partial charge in [0.05, 0.1) is 11.6 Å². The molecule has 1 unspecified atom stereocenters. The molecule has 2 aromatic heterocycles. The van der Waals surface area contributed by atoms with Gasteiger partial charge < -0.3 is 18.7 Å². The van der Waals surface area contributed by atoms with Crippen LogP contribution in [-0.4, -0.2) is 21.0 Å². The fraction of sp³-hybridized carbons (Fsp3) is 0.324. The van der Waals surface area contributed by atoms with Gasteiger partial charge in [0.25, 0.3) is 0 Å². The van der Waals surface area contributed by atoms with Crippen molar-refractivity contribution in [1.29, 1.82) is 0 Å². The number of nitrogens with zero attached hydrogens (tertiary/aromatic N) is 2. The van der Waals surface area contributed by atoms with Crippen LogP contribution in [0.2, 0.25) is 0 Å². The van der Waals surface area contributed by atoms with Crippen molar-refractivity contribution in [3.05, 3.63) is 113 Å². The van der Waals surface area contributed by atoms with E-state index in [4.69, 9.17) is 23.5 Å². The van der Waals surface area contributed by atoms with Gasteiger partial charge in [-0.15, -0.1) is 0 Å². The molecule has 226 valence electrons. The Morgan fingerprint density at radius 1 is 0.932 bits per heavy atom. The molecule has 1 aliphatic carbocycles. The van der Waals surface area contributed by atoms with Crippen molar-refractivity contribution in [3.63, 3.8) is 0 Å². The number of carbonyl (C=O) groups is 1. The summed E-state index contributed by atoms with van der Waals surface area (Å²) in [5.74, 6) is 1.99. The SMILES string of the molecule is CC[C@H](C(=O)O)[C@@H]1CC(C)(C)c2cc(OC(Cc3nc(-c4ccccc4)oc3C)c3nc(-c4ccccc4)oc3C)ccc21. The molecule has 0 radical (unpaired) electrons. The molecule has 3 aromatic carbocycles. The van der Waals surface area contributed by atoms with Crippen molar-refractivity contribution in [2.24, 2.45) is 5.92 Å². The monoisotopic (exact) mass is 590 g/mol. The number of fused-ring (bicyclic) bond motifs is 1. The van der Waals surface area contributed by atoms with E-state index in [1.54, 1.807) is 0 Å². The number of ether oxygens (including phenoxy) is 1. The van der Waals surface area contributed by atoms with Gasteiger partial charge in [-0.25, -0.2) is 9.97 Å². The second-order valence-electron chi connectivity index (χ2n) is 12.3. The number of aromatic nitrogens is 2. The van der Waals surface area contributed by atoms with Gasteiger partial charge >= 0.3 is 5.97 Å². The van der Waals surface area contributed by atoms with E-state index in [0.29, 0.717) is 41.8 Å². The lowest BCUT2D eigenvalue weighted by Crippen LogP contribution is -2.21. The molecule has 44 heavy (non-hydrogen) atoms. The molecule has 0 aliphatic heterocycles. The maximum Gasteiger partial charge on any atom is 0.307 e. The molecule has 7 heteroatoms. The normalized spacial score (nSPS) is 16.8. The van der Waals surface area contributed by atoms with Crippen LogP contribution >= 0.6 is 0 Å². The van der Waals surface area contributed by atoms with Crippen molar-refractivity contribution in [2.75, 3.05) is 0 Å². The summed E-state index contributed by atoms with van der Waals surface area (Å²) in [6, 6.07) is 25.7. The van der Waals surface area contributed by atoms with E-state index < -0.39 is 18.0 Å². The molecule has 2 heterocycles. The lowest BCUT2D eigenvalue weighted by molar-refractivity contribution is -0.142. The molecule has 0 amide bonds. The smallest absolute Gasteiger partial charge is 0.307 e. The molecule has 0 fully saturated rings. The minimum absolute atomic E-state index is 0.0345. The standard InChI is InChI=1S/C37H38N2O5/c1-6-27(36(40)41)29-21-37(4,5)30-19-26(17-18-28(29)30)44-32(33-23(3)43-35(39-33)25-15-11-8-12-16-25)20-31-22(2)42-34(38-31)24-13-9-7-10-14-24/h7-19,27,29,32H,6,20-21H2,1-5H3,(H,40,41)/t27-,29-,32?/m0/s1. The number of aryl methyl sites for hydroxylation is 2. The van der Waals surface area contributed by atoms with Gasteiger partial charge in [-0.05, 0) is 85.5 Å². The quantitative estimate of drug-likeness (QED) is 0.173. The Morgan fingerprint density at radius 3 is 2.16 bits per heavy atom. The fourth-order valence-corrected chi connectivity index (χ4v) is 6.54. The molecule has 7 nitrogen and oxygen atoms in total. The van der Waals surface area contributed by atoms with Crippen LogP contribution in [0.1, 0.15) is 79.7 Å². The number of rotatable bonds is 10. The van der Waals surface area contributed by atoms with E-state index in [1.165, 1.54) is 0 Å². The van der Waals surface area contributed by atoms with Crippen molar-refractivity contribution in [3.8, 4) is 28.7 Å².